The highest BCUT2D eigenvalue weighted by molar-refractivity contribution is 8.16. The number of piperidine rings is 1. The van der Waals surface area contributed by atoms with Crippen molar-refractivity contribution in [3.63, 3.8) is 0 Å². The van der Waals surface area contributed by atoms with Gasteiger partial charge >= 0.3 is 0 Å². The second-order valence-corrected chi connectivity index (χ2v) is 6.01. The highest BCUT2D eigenvalue weighted by Crippen LogP contribution is 2.18. The lowest BCUT2D eigenvalue weighted by Gasteiger charge is -2.32. The van der Waals surface area contributed by atoms with Crippen LogP contribution in [-0.2, 0) is 9.05 Å². The largest absolute Gasteiger partial charge is 0.297 e. The van der Waals surface area contributed by atoms with E-state index in [9.17, 15) is 8.42 Å². The number of nitrogens with zero attached hydrogens (tertiary/aromatic N) is 1. The molecule has 3 nitrogen and oxygen atoms in total. The molecule has 1 rings (SSSR count). The van der Waals surface area contributed by atoms with Crippen molar-refractivity contribution in [1.82, 2.24) is 4.90 Å². The third kappa shape index (κ3) is 3.98. The van der Waals surface area contributed by atoms with Crippen LogP contribution < -0.4 is 0 Å². The van der Waals surface area contributed by atoms with Gasteiger partial charge in [0.1, 0.15) is 0 Å². The second-order valence-electron chi connectivity index (χ2n) is 3.50. The zero-order valence-corrected chi connectivity index (χ0v) is 9.89. The van der Waals surface area contributed by atoms with Crippen molar-refractivity contribution in [3.05, 3.63) is 11.5 Å². The van der Waals surface area contributed by atoms with E-state index >= 15 is 0 Å². The Morgan fingerprint density at radius 3 is 2.79 bits per heavy atom. The van der Waals surface area contributed by atoms with E-state index in [4.69, 9.17) is 10.7 Å². The van der Waals surface area contributed by atoms with Crippen LogP contribution in [0.3, 0.4) is 0 Å². The van der Waals surface area contributed by atoms with E-state index in [1.54, 1.807) is 6.08 Å². The van der Waals surface area contributed by atoms with Crippen LogP contribution in [0.2, 0.25) is 0 Å². The molecule has 14 heavy (non-hydrogen) atoms. The summed E-state index contributed by atoms with van der Waals surface area (Å²) < 4.78 is 21.5. The molecule has 0 amide bonds. The van der Waals surface area contributed by atoms with Gasteiger partial charge < -0.3 is 0 Å². The topological polar surface area (TPSA) is 37.4 Å². The molecular formula is C9H16ClNO2S. The maximum Gasteiger partial charge on any atom is 0.254 e. The molecule has 1 atom stereocenters. The third-order valence-electron chi connectivity index (χ3n) is 2.53. The smallest absolute Gasteiger partial charge is 0.254 e. The Morgan fingerprint density at radius 1 is 1.50 bits per heavy atom. The van der Waals surface area contributed by atoms with E-state index in [0.29, 0.717) is 0 Å². The first-order chi connectivity index (χ1) is 6.53. The number of halogens is 1. The average Bonchev–Trinajstić information content (AvgIpc) is 2.14. The van der Waals surface area contributed by atoms with Gasteiger partial charge in [-0.1, -0.05) is 19.4 Å². The number of hydrogen-bond donors (Lipinski definition) is 0. The Kier molecular flexibility index (Phi) is 4.41. The molecule has 1 aliphatic rings. The molecule has 0 bridgehead atoms. The van der Waals surface area contributed by atoms with Gasteiger partial charge in [0.15, 0.2) is 0 Å². The summed E-state index contributed by atoms with van der Waals surface area (Å²) in [6.45, 7) is 4.09. The van der Waals surface area contributed by atoms with Crippen LogP contribution in [0.4, 0.5) is 0 Å². The Morgan fingerprint density at radius 2 is 2.21 bits per heavy atom. The monoisotopic (exact) mass is 237 g/mol. The van der Waals surface area contributed by atoms with Crippen LogP contribution in [0, 0.1) is 0 Å². The summed E-state index contributed by atoms with van der Waals surface area (Å²) in [6, 6.07) is 0.238. The van der Waals surface area contributed by atoms with Gasteiger partial charge in [0.05, 0.1) is 0 Å². The molecule has 0 spiro atoms. The molecule has 1 aliphatic heterocycles. The fourth-order valence-electron chi connectivity index (χ4n) is 1.81. The highest BCUT2D eigenvalue weighted by atomic mass is 35.7. The number of likely N-dealkylation sites (N-methyl/N-ethyl adjacent to an activating group) is 1. The van der Waals surface area contributed by atoms with Gasteiger partial charge in [-0.05, 0) is 25.9 Å². The van der Waals surface area contributed by atoms with Crippen LogP contribution in [-0.4, -0.2) is 32.4 Å². The first-order valence-electron chi connectivity index (χ1n) is 4.90. The molecule has 1 unspecified atom stereocenters. The van der Waals surface area contributed by atoms with Gasteiger partial charge in [0, 0.05) is 22.1 Å². The lowest BCUT2D eigenvalue weighted by molar-refractivity contribution is 0.189. The standard InChI is InChI=1S/C9H16ClNO2S/c1-2-11-7-4-3-5-9(11)6-8-14(10,12)13/h6,8-9H,2-5,7H2,1H3/b8-6-. The predicted octanol–water partition coefficient (Wildman–Crippen LogP) is 1.94. The number of rotatable bonds is 3. The molecule has 0 aromatic rings. The third-order valence-corrected chi connectivity index (χ3v) is 3.32. The Balaban J connectivity index is 2.61. The Labute approximate surface area is 90.2 Å². The second kappa shape index (κ2) is 5.14. The van der Waals surface area contributed by atoms with Crippen molar-refractivity contribution in [2.75, 3.05) is 13.1 Å². The van der Waals surface area contributed by atoms with Crippen LogP contribution >= 0.6 is 10.7 Å². The van der Waals surface area contributed by atoms with Crippen molar-refractivity contribution in [2.45, 2.75) is 32.2 Å². The number of hydrogen-bond acceptors (Lipinski definition) is 3. The normalized spacial score (nSPS) is 25.7. The highest BCUT2D eigenvalue weighted by Gasteiger charge is 2.18. The van der Waals surface area contributed by atoms with Crippen molar-refractivity contribution in [3.8, 4) is 0 Å². The summed E-state index contributed by atoms with van der Waals surface area (Å²) in [4.78, 5) is 2.27. The summed E-state index contributed by atoms with van der Waals surface area (Å²) >= 11 is 0. The molecular weight excluding hydrogens is 222 g/mol. The molecule has 0 saturated carbocycles. The zero-order valence-electron chi connectivity index (χ0n) is 8.32. The zero-order chi connectivity index (χ0) is 10.6. The molecule has 0 aliphatic carbocycles. The minimum Gasteiger partial charge on any atom is -0.297 e. The Hall–Kier alpha value is -0.0600. The minimum atomic E-state index is -3.49. The molecule has 5 heteroatoms. The van der Waals surface area contributed by atoms with E-state index < -0.39 is 9.05 Å². The molecule has 82 valence electrons. The van der Waals surface area contributed by atoms with Gasteiger partial charge in [0.25, 0.3) is 9.05 Å². The first-order valence-corrected chi connectivity index (χ1v) is 7.27. The van der Waals surface area contributed by atoms with Crippen LogP contribution in [0.25, 0.3) is 0 Å². The number of likely N-dealkylation sites (tertiary alicyclic amines) is 1. The van der Waals surface area contributed by atoms with Crippen LogP contribution in [0.15, 0.2) is 11.5 Å². The van der Waals surface area contributed by atoms with Crippen LogP contribution in [0.5, 0.6) is 0 Å². The van der Waals surface area contributed by atoms with Crippen molar-refractivity contribution in [2.24, 2.45) is 0 Å². The maximum absolute atomic E-state index is 10.7. The lowest BCUT2D eigenvalue weighted by atomic mass is 10.0. The van der Waals surface area contributed by atoms with E-state index in [0.717, 1.165) is 31.3 Å². The average molecular weight is 238 g/mol. The van der Waals surface area contributed by atoms with E-state index in [1.165, 1.54) is 6.42 Å². The fourth-order valence-corrected chi connectivity index (χ4v) is 2.36. The van der Waals surface area contributed by atoms with Crippen molar-refractivity contribution in [1.29, 1.82) is 0 Å². The lowest BCUT2D eigenvalue weighted by Crippen LogP contribution is -2.37. The molecule has 0 aromatic heterocycles. The molecule has 0 aromatic carbocycles. The summed E-state index contributed by atoms with van der Waals surface area (Å²) in [5.74, 6) is 0. The van der Waals surface area contributed by atoms with Crippen LogP contribution in [0.1, 0.15) is 26.2 Å². The molecule has 0 N–H and O–H groups in total. The first kappa shape index (κ1) is 12.0. The Bertz CT molecular complexity index is 300. The minimum absolute atomic E-state index is 0.238. The fraction of sp³-hybridized carbons (Fsp3) is 0.778. The van der Waals surface area contributed by atoms with E-state index in [2.05, 4.69) is 11.8 Å². The SMILES string of the molecule is CCN1CCCCC1/C=C\S(=O)(=O)Cl. The van der Waals surface area contributed by atoms with Gasteiger partial charge in [-0.15, -0.1) is 0 Å². The molecule has 1 saturated heterocycles. The summed E-state index contributed by atoms with van der Waals surface area (Å²) in [5.41, 5.74) is 0. The van der Waals surface area contributed by atoms with E-state index in [-0.39, 0.29) is 6.04 Å². The van der Waals surface area contributed by atoms with Gasteiger partial charge in [-0.25, -0.2) is 8.42 Å². The van der Waals surface area contributed by atoms with Crippen molar-refractivity contribution >= 4 is 19.7 Å². The summed E-state index contributed by atoms with van der Waals surface area (Å²) in [7, 11) is 1.62. The molecule has 0 radical (unpaired) electrons. The van der Waals surface area contributed by atoms with Crippen molar-refractivity contribution < 1.29 is 8.42 Å². The predicted molar refractivity (Wildman–Crippen MR) is 58.8 cm³/mol. The summed E-state index contributed by atoms with van der Waals surface area (Å²) in [6.07, 6.45) is 5.08. The van der Waals surface area contributed by atoms with Gasteiger partial charge in [-0.2, -0.15) is 0 Å². The quantitative estimate of drug-likeness (QED) is 0.704. The summed E-state index contributed by atoms with van der Waals surface area (Å²) in [5, 5.41) is 1.10. The van der Waals surface area contributed by atoms with E-state index in [1.807, 2.05) is 0 Å². The molecule has 1 heterocycles. The van der Waals surface area contributed by atoms with Gasteiger partial charge in [-0.3, -0.25) is 4.90 Å². The maximum atomic E-state index is 10.7. The molecule has 1 fully saturated rings. The van der Waals surface area contributed by atoms with Gasteiger partial charge in [0.2, 0.25) is 0 Å².